The molecule has 5 heterocycles. The summed E-state index contributed by atoms with van der Waals surface area (Å²) in [6, 6.07) is 16.3. The fourth-order valence-electron chi connectivity index (χ4n) is 4.90. The van der Waals surface area contributed by atoms with Crippen LogP contribution in [0.5, 0.6) is 0 Å². The highest BCUT2D eigenvalue weighted by Crippen LogP contribution is 2.27. The third kappa shape index (κ3) is 5.32. The minimum Gasteiger partial charge on any atom is -0.360 e. The Morgan fingerprint density at radius 1 is 1.08 bits per heavy atom. The molecule has 0 radical (unpaired) electrons. The lowest BCUT2D eigenvalue weighted by atomic mass is 9.97. The molecule has 192 valence electrons. The van der Waals surface area contributed by atoms with E-state index in [1.54, 1.807) is 18.3 Å². The number of anilines is 1. The lowest BCUT2D eigenvalue weighted by Gasteiger charge is -2.32. The highest BCUT2D eigenvalue weighted by molar-refractivity contribution is 8.18. The maximum absolute atomic E-state index is 11.8. The lowest BCUT2D eigenvalue weighted by molar-refractivity contribution is -0.115. The molecule has 0 saturated carbocycles. The molecular formula is C28H27N7O2S. The number of hydrogen-bond acceptors (Lipinski definition) is 8. The van der Waals surface area contributed by atoms with Gasteiger partial charge in [0, 0.05) is 37.4 Å². The highest BCUT2D eigenvalue weighted by Gasteiger charge is 2.26. The van der Waals surface area contributed by atoms with E-state index in [4.69, 9.17) is 4.98 Å². The third-order valence-corrected chi connectivity index (χ3v) is 7.70. The normalized spacial score (nSPS) is 17.5. The summed E-state index contributed by atoms with van der Waals surface area (Å²) in [5, 5.41) is 6.72. The van der Waals surface area contributed by atoms with Crippen molar-refractivity contribution < 1.29 is 9.59 Å². The van der Waals surface area contributed by atoms with E-state index in [-0.39, 0.29) is 11.1 Å². The number of piperidine rings is 1. The topological polar surface area (TPSA) is 116 Å². The second-order valence-corrected chi connectivity index (χ2v) is 10.5. The predicted octanol–water partition coefficient (Wildman–Crippen LogP) is 4.35. The van der Waals surface area contributed by atoms with Crippen molar-refractivity contribution in [2.24, 2.45) is 5.92 Å². The number of amides is 2. The van der Waals surface area contributed by atoms with Crippen molar-refractivity contribution in [3.63, 3.8) is 0 Å². The van der Waals surface area contributed by atoms with Crippen LogP contribution in [0.3, 0.4) is 0 Å². The first-order valence-electron chi connectivity index (χ1n) is 12.7. The fourth-order valence-corrected chi connectivity index (χ4v) is 5.57. The van der Waals surface area contributed by atoms with Gasteiger partial charge in [0.2, 0.25) is 5.95 Å². The zero-order chi connectivity index (χ0) is 25.9. The van der Waals surface area contributed by atoms with Crippen LogP contribution in [0.25, 0.3) is 28.4 Å². The minimum atomic E-state index is -0.382. The molecule has 2 aliphatic heterocycles. The number of imide groups is 1. The monoisotopic (exact) mass is 525 g/mol. The molecule has 2 saturated heterocycles. The van der Waals surface area contributed by atoms with Gasteiger partial charge < -0.3 is 15.2 Å². The van der Waals surface area contributed by atoms with Crippen LogP contribution in [0.1, 0.15) is 24.1 Å². The van der Waals surface area contributed by atoms with E-state index in [2.05, 4.69) is 48.7 Å². The Morgan fingerprint density at radius 2 is 1.95 bits per heavy atom. The first-order valence-corrected chi connectivity index (χ1v) is 13.5. The zero-order valence-corrected chi connectivity index (χ0v) is 21.5. The van der Waals surface area contributed by atoms with E-state index >= 15 is 0 Å². The number of aromatic nitrogens is 4. The Hall–Kier alpha value is -4.02. The number of aromatic amines is 1. The predicted molar refractivity (Wildman–Crippen MR) is 149 cm³/mol. The average molecular weight is 526 g/mol. The van der Waals surface area contributed by atoms with Gasteiger partial charge in [0.1, 0.15) is 0 Å². The van der Waals surface area contributed by atoms with Crippen molar-refractivity contribution in [3.8, 4) is 11.4 Å². The van der Waals surface area contributed by atoms with Crippen LogP contribution < -0.4 is 15.5 Å². The second-order valence-electron chi connectivity index (χ2n) is 9.47. The number of nitrogens with zero attached hydrogens (tertiary/aromatic N) is 4. The van der Waals surface area contributed by atoms with E-state index in [1.165, 1.54) is 5.56 Å². The number of rotatable bonds is 7. The van der Waals surface area contributed by atoms with Crippen molar-refractivity contribution in [2.75, 3.05) is 24.5 Å². The van der Waals surface area contributed by atoms with E-state index in [0.29, 0.717) is 22.5 Å². The summed E-state index contributed by atoms with van der Waals surface area (Å²) in [4.78, 5) is 43.1. The molecule has 6 rings (SSSR count). The Morgan fingerprint density at radius 3 is 2.74 bits per heavy atom. The van der Waals surface area contributed by atoms with Crippen LogP contribution in [0, 0.1) is 5.92 Å². The van der Waals surface area contributed by atoms with E-state index in [1.807, 2.05) is 30.5 Å². The van der Waals surface area contributed by atoms with Crippen LogP contribution in [0.15, 0.2) is 65.8 Å². The Bertz CT molecular complexity index is 1510. The third-order valence-electron chi connectivity index (χ3n) is 6.89. The van der Waals surface area contributed by atoms with Crippen LogP contribution >= 0.6 is 11.8 Å². The minimum absolute atomic E-state index is 0.352. The van der Waals surface area contributed by atoms with Gasteiger partial charge in [-0.05, 0) is 79.0 Å². The Balaban J connectivity index is 1.06. The molecule has 2 fully saturated rings. The van der Waals surface area contributed by atoms with Crippen molar-refractivity contribution >= 4 is 45.8 Å². The number of H-pyrrole nitrogens is 1. The summed E-state index contributed by atoms with van der Waals surface area (Å²) in [5.41, 5.74) is 4.81. The maximum atomic E-state index is 11.8. The summed E-state index contributed by atoms with van der Waals surface area (Å²) in [5.74, 6) is 0.829. The summed E-state index contributed by atoms with van der Waals surface area (Å²) in [6.07, 6.45) is 7.33. The number of hydrogen-bond donors (Lipinski definition) is 3. The van der Waals surface area contributed by atoms with Gasteiger partial charge in [0.15, 0.2) is 0 Å². The molecule has 3 N–H and O–H groups in total. The van der Waals surface area contributed by atoms with Crippen LogP contribution in [-0.4, -0.2) is 50.7 Å². The number of nitrogens with one attached hydrogen (secondary N) is 3. The lowest BCUT2D eigenvalue weighted by Crippen LogP contribution is -2.38. The summed E-state index contributed by atoms with van der Waals surface area (Å²) in [6.45, 7) is 3.41. The highest BCUT2D eigenvalue weighted by atomic mass is 32.2. The molecule has 0 spiro atoms. The maximum Gasteiger partial charge on any atom is 0.290 e. The quantitative estimate of drug-likeness (QED) is 0.305. The summed E-state index contributed by atoms with van der Waals surface area (Å²) >= 11 is 0.891. The van der Waals surface area contributed by atoms with Gasteiger partial charge in [-0.2, -0.15) is 0 Å². The number of carbonyl (C=O) groups excluding carboxylic acids is 2. The average Bonchev–Trinajstić information content (AvgIpc) is 3.58. The largest absolute Gasteiger partial charge is 0.360 e. The number of benzene rings is 1. The van der Waals surface area contributed by atoms with Gasteiger partial charge in [-0.15, -0.1) is 0 Å². The first kappa shape index (κ1) is 24.3. The molecule has 1 aromatic carbocycles. The molecule has 4 aromatic rings. The molecule has 2 aliphatic rings. The van der Waals surface area contributed by atoms with E-state index < -0.39 is 0 Å². The molecule has 0 aliphatic carbocycles. The SMILES string of the molecule is O=C1NC(=O)C(=Cc2ccnc(N3CCC(CNCc4cc5ccccc5nc4-c4ccc[nH]4)CC3)n2)S1. The van der Waals surface area contributed by atoms with Crippen molar-refractivity contribution in [3.05, 3.63) is 77.1 Å². The molecule has 0 atom stereocenters. The van der Waals surface area contributed by atoms with Crippen molar-refractivity contribution in [1.82, 2.24) is 30.6 Å². The molecule has 0 unspecified atom stereocenters. The number of para-hydroxylation sites is 1. The van der Waals surface area contributed by atoms with Gasteiger partial charge in [-0.25, -0.2) is 15.0 Å². The van der Waals surface area contributed by atoms with Crippen molar-refractivity contribution in [2.45, 2.75) is 19.4 Å². The van der Waals surface area contributed by atoms with Gasteiger partial charge in [0.25, 0.3) is 11.1 Å². The molecule has 38 heavy (non-hydrogen) atoms. The van der Waals surface area contributed by atoms with Gasteiger partial charge in [-0.3, -0.25) is 14.9 Å². The molecule has 0 bridgehead atoms. The summed E-state index contributed by atoms with van der Waals surface area (Å²) in [7, 11) is 0. The standard InChI is InChI=1S/C28H27N7O2S/c36-26-24(38-28(37)34-26)15-21-7-11-31-27(32-21)35-12-8-18(9-13-35)16-29-17-20-14-19-4-1-2-5-22(19)33-25(20)23-6-3-10-30-23/h1-7,10-11,14-15,18,29-30H,8-9,12-13,16-17H2,(H,34,36,37). The van der Waals surface area contributed by atoms with Crippen LogP contribution in [-0.2, 0) is 11.3 Å². The smallest absolute Gasteiger partial charge is 0.290 e. The Labute approximate surface area is 224 Å². The van der Waals surface area contributed by atoms with E-state index in [0.717, 1.165) is 73.1 Å². The summed E-state index contributed by atoms with van der Waals surface area (Å²) < 4.78 is 0. The van der Waals surface area contributed by atoms with E-state index in [9.17, 15) is 9.59 Å². The van der Waals surface area contributed by atoms with Gasteiger partial charge >= 0.3 is 0 Å². The molecule has 3 aromatic heterocycles. The van der Waals surface area contributed by atoms with Gasteiger partial charge in [-0.1, -0.05) is 18.2 Å². The molecule has 2 amide bonds. The molecule has 10 heteroatoms. The van der Waals surface area contributed by atoms with Crippen molar-refractivity contribution in [1.29, 1.82) is 0 Å². The van der Waals surface area contributed by atoms with Crippen LogP contribution in [0.4, 0.5) is 10.7 Å². The first-order chi connectivity index (χ1) is 18.6. The van der Waals surface area contributed by atoms with Crippen LogP contribution in [0.2, 0.25) is 0 Å². The molecular weight excluding hydrogens is 498 g/mol. The number of fused-ring (bicyclic) bond motifs is 1. The number of carbonyl (C=O) groups is 2. The second kappa shape index (κ2) is 10.8. The van der Waals surface area contributed by atoms with Gasteiger partial charge in [0.05, 0.1) is 27.5 Å². The molecule has 9 nitrogen and oxygen atoms in total. The Kier molecular flexibility index (Phi) is 6.89. The fraction of sp³-hybridized carbons (Fsp3) is 0.250. The number of pyridine rings is 1. The number of thioether (sulfide) groups is 1. The zero-order valence-electron chi connectivity index (χ0n) is 20.7.